The van der Waals surface area contributed by atoms with Crippen LogP contribution in [0.2, 0.25) is 0 Å². The van der Waals surface area contributed by atoms with Crippen molar-refractivity contribution in [2.24, 2.45) is 0 Å². The van der Waals surface area contributed by atoms with Gasteiger partial charge < -0.3 is 14.8 Å². The molecule has 4 nitrogen and oxygen atoms in total. The Morgan fingerprint density at radius 2 is 2.38 bits per heavy atom. The van der Waals surface area contributed by atoms with Gasteiger partial charge in [0.05, 0.1) is 18.3 Å². The fraction of sp³-hybridized carbons (Fsp3) is 0.562. The predicted octanol–water partition coefficient (Wildman–Crippen LogP) is 2.37. The molecule has 1 atom stereocenters. The van der Waals surface area contributed by atoms with Gasteiger partial charge in [-0.05, 0) is 43.5 Å². The molecule has 2 rings (SSSR count). The van der Waals surface area contributed by atoms with Crippen LogP contribution in [-0.4, -0.2) is 32.5 Å². The molecule has 5 heteroatoms. The Balaban J connectivity index is 1.54. The van der Waals surface area contributed by atoms with Gasteiger partial charge in [0.25, 0.3) is 0 Å². The van der Waals surface area contributed by atoms with Crippen LogP contribution in [0.5, 0.6) is 0 Å². The average molecular weight is 292 g/mol. The van der Waals surface area contributed by atoms with Gasteiger partial charge in [0.1, 0.15) is 11.9 Å². The molecule has 0 amide bonds. The Bertz CT molecular complexity index is 482. The highest BCUT2D eigenvalue weighted by Gasteiger charge is 2.14. The van der Waals surface area contributed by atoms with Gasteiger partial charge in [-0.15, -0.1) is 0 Å². The van der Waals surface area contributed by atoms with Crippen molar-refractivity contribution >= 4 is 0 Å². The van der Waals surface area contributed by atoms with Crippen LogP contribution in [-0.2, 0) is 16.0 Å². The lowest BCUT2D eigenvalue weighted by Gasteiger charge is -2.10. The Morgan fingerprint density at radius 1 is 1.48 bits per heavy atom. The minimum absolute atomic E-state index is 0.0918. The molecule has 1 heterocycles. The summed E-state index contributed by atoms with van der Waals surface area (Å²) in [5.41, 5.74) is 1.00. The van der Waals surface area contributed by atoms with Crippen LogP contribution in [0.1, 0.15) is 30.4 Å². The first-order chi connectivity index (χ1) is 10.3. The van der Waals surface area contributed by atoms with Crippen LogP contribution in [0.4, 0.5) is 4.39 Å². The maximum Gasteiger partial charge on any atom is 0.140 e. The lowest BCUT2D eigenvalue weighted by molar-refractivity contribution is 0.0166. The topological polar surface area (TPSA) is 54.3 Å². The third-order valence-electron chi connectivity index (χ3n) is 3.45. The van der Waals surface area contributed by atoms with E-state index in [1.807, 2.05) is 6.07 Å². The molecular formula is C16H21FN2O2. The lowest BCUT2D eigenvalue weighted by Crippen LogP contribution is -2.19. The third-order valence-corrected chi connectivity index (χ3v) is 3.45. The van der Waals surface area contributed by atoms with E-state index in [-0.39, 0.29) is 11.7 Å². The molecule has 0 spiro atoms. The number of halogens is 1. The van der Waals surface area contributed by atoms with E-state index in [2.05, 4.69) is 5.32 Å². The summed E-state index contributed by atoms with van der Waals surface area (Å²) in [5, 5.41) is 12.0. The Kier molecular flexibility index (Phi) is 6.61. The van der Waals surface area contributed by atoms with Crippen molar-refractivity contribution in [3.63, 3.8) is 0 Å². The van der Waals surface area contributed by atoms with E-state index in [1.54, 1.807) is 12.1 Å². The molecule has 0 aromatic heterocycles. The fourth-order valence-corrected chi connectivity index (χ4v) is 2.29. The fourth-order valence-electron chi connectivity index (χ4n) is 2.29. The van der Waals surface area contributed by atoms with Crippen molar-refractivity contribution in [2.45, 2.75) is 31.9 Å². The molecule has 1 aliphatic rings. The maximum atomic E-state index is 13.2. The molecule has 0 bridgehead atoms. The number of hydrogen-bond donors (Lipinski definition) is 1. The van der Waals surface area contributed by atoms with Crippen LogP contribution < -0.4 is 5.32 Å². The van der Waals surface area contributed by atoms with Gasteiger partial charge in [0.2, 0.25) is 0 Å². The highest BCUT2D eigenvalue weighted by Crippen LogP contribution is 2.12. The molecule has 1 fully saturated rings. The van der Waals surface area contributed by atoms with Crippen LogP contribution in [0, 0.1) is 17.1 Å². The minimum Gasteiger partial charge on any atom is -0.379 e. The summed E-state index contributed by atoms with van der Waals surface area (Å²) in [7, 11) is 0. The zero-order chi connectivity index (χ0) is 14.9. The highest BCUT2D eigenvalue weighted by atomic mass is 19.1. The number of nitrogens with zero attached hydrogens (tertiary/aromatic N) is 1. The molecule has 21 heavy (non-hydrogen) atoms. The van der Waals surface area contributed by atoms with Crippen LogP contribution in [0.3, 0.4) is 0 Å². The second-order valence-corrected chi connectivity index (χ2v) is 5.17. The normalized spacial score (nSPS) is 17.8. The van der Waals surface area contributed by atoms with E-state index in [9.17, 15) is 4.39 Å². The van der Waals surface area contributed by atoms with Crippen molar-refractivity contribution in [1.82, 2.24) is 5.32 Å². The zero-order valence-electron chi connectivity index (χ0n) is 12.1. The minimum atomic E-state index is -0.469. The van der Waals surface area contributed by atoms with Crippen LogP contribution in [0.15, 0.2) is 18.2 Å². The number of ether oxygens (including phenoxy) is 2. The molecule has 1 aliphatic heterocycles. The lowest BCUT2D eigenvalue weighted by atomic mass is 10.1. The smallest absolute Gasteiger partial charge is 0.140 e. The first kappa shape index (κ1) is 15.9. The Hall–Kier alpha value is -1.48. The number of hydrogen-bond acceptors (Lipinski definition) is 4. The van der Waals surface area contributed by atoms with E-state index in [0.29, 0.717) is 19.8 Å². The van der Waals surface area contributed by atoms with Crippen molar-refractivity contribution in [1.29, 1.82) is 5.26 Å². The maximum absolute atomic E-state index is 13.2. The predicted molar refractivity (Wildman–Crippen MR) is 77.2 cm³/mol. The summed E-state index contributed by atoms with van der Waals surface area (Å²) in [6.45, 7) is 3.70. The van der Waals surface area contributed by atoms with E-state index >= 15 is 0 Å². The second kappa shape index (κ2) is 8.73. The van der Waals surface area contributed by atoms with Crippen molar-refractivity contribution in [3.8, 4) is 6.07 Å². The van der Waals surface area contributed by atoms with E-state index < -0.39 is 5.82 Å². The molecule has 1 aromatic rings. The van der Waals surface area contributed by atoms with Crippen molar-refractivity contribution in [2.75, 3.05) is 26.4 Å². The van der Waals surface area contributed by atoms with Gasteiger partial charge in [-0.3, -0.25) is 0 Å². The van der Waals surface area contributed by atoms with Gasteiger partial charge in [0, 0.05) is 19.8 Å². The van der Waals surface area contributed by atoms with Gasteiger partial charge in [0.15, 0.2) is 0 Å². The molecule has 0 aliphatic carbocycles. The van der Waals surface area contributed by atoms with Crippen LogP contribution >= 0.6 is 0 Å². The Labute approximate surface area is 124 Å². The molecule has 0 saturated carbocycles. The summed E-state index contributed by atoms with van der Waals surface area (Å²) in [5.74, 6) is -0.469. The summed E-state index contributed by atoms with van der Waals surface area (Å²) < 4.78 is 24.2. The summed E-state index contributed by atoms with van der Waals surface area (Å²) in [4.78, 5) is 0. The van der Waals surface area contributed by atoms with E-state index in [0.717, 1.165) is 38.0 Å². The summed E-state index contributed by atoms with van der Waals surface area (Å²) in [6.07, 6.45) is 3.43. The number of nitriles is 1. The first-order valence-electron chi connectivity index (χ1n) is 7.38. The van der Waals surface area contributed by atoms with Gasteiger partial charge >= 0.3 is 0 Å². The second-order valence-electron chi connectivity index (χ2n) is 5.17. The molecule has 1 N–H and O–H groups in total. The number of benzene rings is 1. The molecular weight excluding hydrogens is 271 g/mol. The summed E-state index contributed by atoms with van der Waals surface area (Å²) >= 11 is 0. The third kappa shape index (κ3) is 5.43. The van der Waals surface area contributed by atoms with Crippen molar-refractivity contribution < 1.29 is 13.9 Å². The Morgan fingerprint density at radius 3 is 3.14 bits per heavy atom. The summed E-state index contributed by atoms with van der Waals surface area (Å²) in [6, 6.07) is 6.45. The van der Waals surface area contributed by atoms with Gasteiger partial charge in [-0.2, -0.15) is 5.26 Å². The quantitative estimate of drug-likeness (QED) is 0.747. The number of rotatable bonds is 8. The van der Waals surface area contributed by atoms with Gasteiger partial charge in [-0.1, -0.05) is 6.07 Å². The number of nitrogens with one attached hydrogen (secondary N) is 1. The average Bonchev–Trinajstić information content (AvgIpc) is 3.01. The zero-order valence-corrected chi connectivity index (χ0v) is 12.1. The first-order valence-corrected chi connectivity index (χ1v) is 7.38. The SMILES string of the molecule is N#Cc1cc(CNCCCOCC2CCCO2)ccc1F. The molecule has 1 saturated heterocycles. The standard InChI is InChI=1S/C16H21FN2O2/c17-16-5-4-13(9-14(16)10-18)11-19-6-2-7-20-12-15-3-1-8-21-15/h4-5,9,15,19H,1-3,6-8,11-12H2. The monoisotopic (exact) mass is 292 g/mol. The van der Waals surface area contributed by atoms with E-state index in [4.69, 9.17) is 14.7 Å². The largest absolute Gasteiger partial charge is 0.379 e. The molecule has 1 unspecified atom stereocenters. The van der Waals surface area contributed by atoms with Gasteiger partial charge in [-0.25, -0.2) is 4.39 Å². The van der Waals surface area contributed by atoms with E-state index in [1.165, 1.54) is 6.07 Å². The molecule has 114 valence electrons. The van der Waals surface area contributed by atoms with Crippen molar-refractivity contribution in [3.05, 3.63) is 35.1 Å². The molecule has 1 aromatic carbocycles. The molecule has 0 radical (unpaired) electrons. The highest BCUT2D eigenvalue weighted by molar-refractivity contribution is 5.34. The van der Waals surface area contributed by atoms with Crippen LogP contribution in [0.25, 0.3) is 0 Å².